The van der Waals surface area contributed by atoms with E-state index in [1.54, 1.807) is 0 Å². The summed E-state index contributed by atoms with van der Waals surface area (Å²) in [6.45, 7) is 6.28. The third kappa shape index (κ3) is 2.31. The van der Waals surface area contributed by atoms with Crippen LogP contribution >= 0.6 is 0 Å². The largest absolute Gasteiger partial charge is 0.475 e. The first-order chi connectivity index (χ1) is 15.5. The van der Waals surface area contributed by atoms with E-state index in [1.165, 1.54) is 11.6 Å². The van der Waals surface area contributed by atoms with E-state index in [4.69, 9.17) is 9.47 Å². The van der Waals surface area contributed by atoms with Gasteiger partial charge in [-0.15, -0.1) is 0 Å². The monoisotopic (exact) mass is 435 g/mol. The molecular weight excluding hydrogens is 405 g/mol. The number of benzene rings is 2. The van der Waals surface area contributed by atoms with Crippen LogP contribution in [0.2, 0.25) is 0 Å². The van der Waals surface area contributed by atoms with Gasteiger partial charge in [-0.25, -0.2) is 4.39 Å². The first-order valence-corrected chi connectivity index (χ1v) is 11.9. The maximum atomic E-state index is 15.0. The Bertz CT molecular complexity index is 1090. The number of likely N-dealkylation sites (tertiary alicyclic amines) is 1. The molecule has 0 amide bonds. The number of carbonyl (C=O) groups is 1. The normalized spacial score (nSPS) is 34.8. The van der Waals surface area contributed by atoms with E-state index in [2.05, 4.69) is 29.2 Å². The summed E-state index contributed by atoms with van der Waals surface area (Å²) >= 11 is 0. The lowest BCUT2D eigenvalue weighted by Gasteiger charge is -2.66. The fourth-order valence-corrected chi connectivity index (χ4v) is 7.55. The molecule has 32 heavy (non-hydrogen) atoms. The summed E-state index contributed by atoms with van der Waals surface area (Å²) in [7, 11) is 0. The summed E-state index contributed by atoms with van der Waals surface area (Å²) in [5.74, 6) is 0.00480. The third-order valence-electron chi connectivity index (χ3n) is 8.82. The molecule has 0 aromatic heterocycles. The predicted octanol–water partition coefficient (Wildman–Crippen LogP) is 4.23. The Balaban J connectivity index is 1.50. The Morgan fingerprint density at radius 2 is 2.00 bits per heavy atom. The number of ketones is 1. The average Bonchev–Trinajstić information content (AvgIpc) is 3.08. The topological polar surface area (TPSA) is 38.8 Å². The molecule has 0 N–H and O–H groups in total. The number of hydrogen-bond acceptors (Lipinski definition) is 4. The van der Waals surface area contributed by atoms with Crippen LogP contribution in [-0.2, 0) is 27.8 Å². The minimum atomic E-state index is -1.08. The molecule has 168 valence electrons. The third-order valence-corrected chi connectivity index (χ3v) is 8.82. The summed E-state index contributed by atoms with van der Waals surface area (Å²) in [4.78, 5) is 15.9. The van der Waals surface area contributed by atoms with Crippen molar-refractivity contribution in [2.75, 3.05) is 19.7 Å². The number of halogens is 1. The van der Waals surface area contributed by atoms with Crippen LogP contribution in [0.5, 0.6) is 5.75 Å². The zero-order valence-electron chi connectivity index (χ0n) is 18.8. The second-order valence-electron chi connectivity index (χ2n) is 9.94. The van der Waals surface area contributed by atoms with E-state index in [1.807, 2.05) is 26.0 Å². The van der Waals surface area contributed by atoms with Crippen LogP contribution in [-0.4, -0.2) is 47.6 Å². The van der Waals surface area contributed by atoms with Gasteiger partial charge in [-0.2, -0.15) is 0 Å². The summed E-state index contributed by atoms with van der Waals surface area (Å²) in [6, 6.07) is 14.1. The van der Waals surface area contributed by atoms with Gasteiger partial charge < -0.3 is 9.47 Å². The lowest BCUT2D eigenvalue weighted by molar-refractivity contribution is -0.229. The molecule has 2 bridgehead atoms. The molecule has 2 fully saturated rings. The highest BCUT2D eigenvalue weighted by Crippen LogP contribution is 2.68. The maximum Gasteiger partial charge on any atom is 0.177 e. The number of ether oxygens (including phenoxy) is 2. The second kappa shape index (κ2) is 6.88. The molecule has 2 aliphatic heterocycles. The molecule has 4 nitrogen and oxygen atoms in total. The van der Waals surface area contributed by atoms with E-state index in [9.17, 15) is 9.18 Å². The molecule has 1 saturated heterocycles. The molecule has 2 aliphatic carbocycles. The quantitative estimate of drug-likeness (QED) is 0.705. The molecule has 2 aromatic carbocycles. The van der Waals surface area contributed by atoms with Crippen molar-refractivity contribution in [3.8, 4) is 5.75 Å². The van der Waals surface area contributed by atoms with Gasteiger partial charge in [0, 0.05) is 31.2 Å². The minimum Gasteiger partial charge on any atom is -0.475 e. The number of hydrogen-bond donors (Lipinski definition) is 0. The van der Waals surface area contributed by atoms with Crippen molar-refractivity contribution in [2.45, 2.75) is 68.6 Å². The molecule has 4 aliphatic rings. The lowest BCUT2D eigenvalue weighted by atomic mass is 9.45. The van der Waals surface area contributed by atoms with Crippen LogP contribution < -0.4 is 4.74 Å². The smallest absolute Gasteiger partial charge is 0.177 e. The SMILES string of the molecule is CCO[C@@]12CCC(=O)[C@]3(C)Oc4c(F)ccc5c4[C@@]31CCN(CCc1ccccc1)[C@@H]2C5. The Morgan fingerprint density at radius 1 is 1.19 bits per heavy atom. The standard InChI is InChI=1S/C27H30FNO3/c1-3-31-27-13-11-22(30)25(2)26(27)14-16-29(15-12-18-7-5-4-6-8-18)21(27)17-19-9-10-20(28)24(32-25)23(19)26/h4-10,21H,3,11-17H2,1-2H3/t21-,25+,26+,27-/m1/s1. The zero-order chi connectivity index (χ0) is 22.1. The fourth-order valence-electron chi connectivity index (χ4n) is 7.55. The zero-order valence-corrected chi connectivity index (χ0v) is 18.8. The van der Waals surface area contributed by atoms with Crippen molar-refractivity contribution >= 4 is 5.78 Å². The summed E-state index contributed by atoms with van der Waals surface area (Å²) < 4.78 is 28.0. The predicted molar refractivity (Wildman–Crippen MR) is 120 cm³/mol. The average molecular weight is 436 g/mol. The van der Waals surface area contributed by atoms with E-state index in [0.29, 0.717) is 25.2 Å². The lowest BCUT2D eigenvalue weighted by Crippen LogP contribution is -2.80. The van der Waals surface area contributed by atoms with Gasteiger partial charge >= 0.3 is 0 Å². The van der Waals surface area contributed by atoms with Gasteiger partial charge in [0.05, 0.1) is 11.0 Å². The van der Waals surface area contributed by atoms with E-state index in [0.717, 1.165) is 43.5 Å². The van der Waals surface area contributed by atoms with E-state index in [-0.39, 0.29) is 17.6 Å². The van der Waals surface area contributed by atoms with Crippen molar-refractivity contribution < 1.29 is 18.7 Å². The number of piperidine rings is 1. The Labute approximate surface area is 188 Å². The van der Waals surface area contributed by atoms with E-state index >= 15 is 0 Å². The summed E-state index contributed by atoms with van der Waals surface area (Å²) in [5, 5.41) is 0. The molecule has 0 unspecified atom stereocenters. The Kier molecular flexibility index (Phi) is 4.38. The molecule has 1 spiro atoms. The van der Waals surface area contributed by atoms with Crippen molar-refractivity contribution in [1.29, 1.82) is 0 Å². The first kappa shape index (κ1) is 20.4. The first-order valence-electron chi connectivity index (χ1n) is 11.9. The molecule has 4 atom stereocenters. The fraction of sp³-hybridized carbons (Fsp3) is 0.519. The Hall–Kier alpha value is -2.24. The highest BCUT2D eigenvalue weighted by Gasteiger charge is 2.78. The van der Waals surface area contributed by atoms with Crippen molar-refractivity contribution in [3.63, 3.8) is 0 Å². The van der Waals surface area contributed by atoms with Gasteiger partial charge in [0.15, 0.2) is 23.0 Å². The van der Waals surface area contributed by atoms with E-state index < -0.39 is 16.6 Å². The molecule has 2 aromatic rings. The van der Waals surface area contributed by atoms with Crippen molar-refractivity contribution in [3.05, 3.63) is 65.0 Å². The van der Waals surface area contributed by atoms with Gasteiger partial charge in [-0.3, -0.25) is 9.69 Å². The van der Waals surface area contributed by atoms with Gasteiger partial charge in [0.2, 0.25) is 0 Å². The van der Waals surface area contributed by atoms with Gasteiger partial charge in [0.1, 0.15) is 0 Å². The van der Waals surface area contributed by atoms with Crippen LogP contribution in [0.1, 0.15) is 49.8 Å². The van der Waals surface area contributed by atoms with Gasteiger partial charge in [-0.1, -0.05) is 36.4 Å². The molecule has 6 rings (SSSR count). The summed E-state index contributed by atoms with van der Waals surface area (Å²) in [5.41, 5.74) is 1.09. The van der Waals surface area contributed by atoms with Crippen molar-refractivity contribution in [1.82, 2.24) is 4.90 Å². The van der Waals surface area contributed by atoms with Crippen molar-refractivity contribution in [2.24, 2.45) is 0 Å². The number of Topliss-reactive ketones (excluding diaryl/α,β-unsaturated/α-hetero) is 1. The molecule has 1 saturated carbocycles. The molecule has 0 radical (unpaired) electrons. The summed E-state index contributed by atoms with van der Waals surface area (Å²) in [6.07, 6.45) is 3.59. The maximum absolute atomic E-state index is 15.0. The number of carbonyl (C=O) groups excluding carboxylic acids is 1. The van der Waals surface area contributed by atoms with Crippen LogP contribution in [0.4, 0.5) is 4.39 Å². The number of nitrogens with zero attached hydrogens (tertiary/aromatic N) is 1. The van der Waals surface area contributed by atoms with Crippen LogP contribution in [0.25, 0.3) is 0 Å². The Morgan fingerprint density at radius 3 is 2.78 bits per heavy atom. The molecular formula is C27H30FNO3. The molecule has 2 heterocycles. The highest BCUT2D eigenvalue weighted by atomic mass is 19.1. The number of rotatable bonds is 5. The minimum absolute atomic E-state index is 0.0766. The molecule has 5 heteroatoms. The highest BCUT2D eigenvalue weighted by molar-refractivity contribution is 5.93. The second-order valence-corrected chi connectivity index (χ2v) is 9.94. The van der Waals surface area contributed by atoms with Crippen LogP contribution in [0, 0.1) is 5.82 Å². The van der Waals surface area contributed by atoms with Gasteiger partial charge in [0.25, 0.3) is 0 Å². The van der Waals surface area contributed by atoms with Gasteiger partial charge in [-0.05, 0) is 63.3 Å². The van der Waals surface area contributed by atoms with Crippen LogP contribution in [0.15, 0.2) is 42.5 Å². The van der Waals surface area contributed by atoms with Crippen LogP contribution in [0.3, 0.4) is 0 Å².